The number of benzene rings is 9. The zero-order valence-electron chi connectivity index (χ0n) is 28.2. The first kappa shape index (κ1) is 29.9. The predicted octanol–water partition coefficient (Wildman–Crippen LogP) is 12.8. The third kappa shape index (κ3) is 5.19. The van der Waals surface area contributed by atoms with Crippen LogP contribution >= 0.6 is 0 Å². The van der Waals surface area contributed by atoms with Gasteiger partial charge in [-0.3, -0.25) is 0 Å². The number of hydrogen-bond donors (Lipinski definition) is 0. The van der Waals surface area contributed by atoms with Crippen LogP contribution in [0.3, 0.4) is 0 Å². The lowest BCUT2D eigenvalue weighted by molar-refractivity contribution is 1.07. The minimum absolute atomic E-state index is 0.641. The van der Waals surface area contributed by atoms with Gasteiger partial charge in [-0.2, -0.15) is 0 Å². The Morgan fingerprint density at radius 2 is 0.731 bits per heavy atom. The molecule has 0 fully saturated rings. The van der Waals surface area contributed by atoms with Crippen LogP contribution in [0, 0.1) is 0 Å². The summed E-state index contributed by atoms with van der Waals surface area (Å²) >= 11 is 0. The van der Waals surface area contributed by atoms with E-state index in [-0.39, 0.29) is 0 Å². The molecule has 10 aromatic rings. The van der Waals surface area contributed by atoms with Crippen LogP contribution in [0.1, 0.15) is 0 Å². The van der Waals surface area contributed by atoms with E-state index in [9.17, 15) is 0 Å². The maximum Gasteiger partial charge on any atom is 0.164 e. The van der Waals surface area contributed by atoms with Gasteiger partial charge in [-0.25, -0.2) is 15.0 Å². The van der Waals surface area contributed by atoms with Crippen molar-refractivity contribution in [3.63, 3.8) is 0 Å². The first-order valence-corrected chi connectivity index (χ1v) is 17.6. The Balaban J connectivity index is 1.08. The molecule has 0 aliphatic carbocycles. The van der Waals surface area contributed by atoms with Gasteiger partial charge in [-0.1, -0.05) is 182 Å². The zero-order valence-corrected chi connectivity index (χ0v) is 28.2. The number of aromatic nitrogens is 3. The largest absolute Gasteiger partial charge is 0.208 e. The van der Waals surface area contributed by atoms with Gasteiger partial charge in [0, 0.05) is 16.7 Å². The van der Waals surface area contributed by atoms with Crippen molar-refractivity contribution >= 4 is 43.1 Å². The maximum atomic E-state index is 5.07. The number of nitrogens with zero attached hydrogens (tertiary/aromatic N) is 3. The molecule has 3 nitrogen and oxygen atoms in total. The third-order valence-electron chi connectivity index (χ3n) is 10.1. The number of fused-ring (bicyclic) bond motifs is 5. The van der Waals surface area contributed by atoms with Crippen molar-refractivity contribution < 1.29 is 0 Å². The molecule has 1 heterocycles. The van der Waals surface area contributed by atoms with E-state index in [1.54, 1.807) is 0 Å². The Morgan fingerprint density at radius 3 is 1.40 bits per heavy atom. The second-order valence-corrected chi connectivity index (χ2v) is 13.2. The van der Waals surface area contributed by atoms with Gasteiger partial charge in [0.15, 0.2) is 17.5 Å². The van der Waals surface area contributed by atoms with Gasteiger partial charge in [-0.05, 0) is 71.4 Å². The predicted molar refractivity (Wildman–Crippen MR) is 217 cm³/mol. The number of hydrogen-bond acceptors (Lipinski definition) is 3. The fourth-order valence-electron chi connectivity index (χ4n) is 7.54. The second-order valence-electron chi connectivity index (χ2n) is 13.2. The molecule has 0 unspecified atom stereocenters. The summed E-state index contributed by atoms with van der Waals surface area (Å²) in [6.07, 6.45) is 0. The normalized spacial score (nSPS) is 11.5. The van der Waals surface area contributed by atoms with Crippen molar-refractivity contribution in [2.75, 3.05) is 0 Å². The van der Waals surface area contributed by atoms with E-state index in [0.29, 0.717) is 17.5 Å². The molecule has 10 rings (SSSR count). The Hall–Kier alpha value is -6.97. The van der Waals surface area contributed by atoms with E-state index >= 15 is 0 Å². The Labute approximate surface area is 301 Å². The molecule has 0 spiro atoms. The monoisotopic (exact) mass is 661 g/mol. The molecule has 1 aromatic heterocycles. The third-order valence-corrected chi connectivity index (χ3v) is 10.1. The molecule has 0 amide bonds. The van der Waals surface area contributed by atoms with Crippen molar-refractivity contribution in [1.82, 2.24) is 15.0 Å². The fraction of sp³-hybridized carbons (Fsp3) is 0. The summed E-state index contributed by atoms with van der Waals surface area (Å²) in [5.41, 5.74) is 7.58. The quantitative estimate of drug-likeness (QED) is 0.136. The molecule has 0 N–H and O–H groups in total. The van der Waals surface area contributed by atoms with Crippen molar-refractivity contribution in [2.24, 2.45) is 0 Å². The van der Waals surface area contributed by atoms with Crippen LogP contribution in [0.4, 0.5) is 0 Å². The average molecular weight is 662 g/mol. The van der Waals surface area contributed by atoms with Gasteiger partial charge in [0.2, 0.25) is 0 Å². The summed E-state index contributed by atoms with van der Waals surface area (Å²) in [5, 5.41) is 9.94. The van der Waals surface area contributed by atoms with Crippen LogP contribution in [0.2, 0.25) is 0 Å². The maximum absolute atomic E-state index is 5.07. The van der Waals surface area contributed by atoms with E-state index < -0.39 is 0 Å². The molecule has 0 atom stereocenters. The van der Waals surface area contributed by atoms with E-state index in [1.165, 1.54) is 54.2 Å². The molecule has 242 valence electrons. The first-order valence-electron chi connectivity index (χ1n) is 17.6. The molecule has 3 heteroatoms. The average Bonchev–Trinajstić information content (AvgIpc) is 3.23. The lowest BCUT2D eigenvalue weighted by Crippen LogP contribution is -2.00. The topological polar surface area (TPSA) is 38.7 Å². The van der Waals surface area contributed by atoms with Crippen LogP contribution in [0.25, 0.3) is 99.5 Å². The van der Waals surface area contributed by atoms with Crippen LogP contribution in [0.15, 0.2) is 188 Å². The highest BCUT2D eigenvalue weighted by molar-refractivity contribution is 6.20. The van der Waals surface area contributed by atoms with Crippen LogP contribution in [-0.4, -0.2) is 15.0 Å². The summed E-state index contributed by atoms with van der Waals surface area (Å²) in [6.45, 7) is 0. The van der Waals surface area contributed by atoms with Crippen molar-refractivity contribution in [3.8, 4) is 56.4 Å². The molecule has 0 saturated heterocycles. The van der Waals surface area contributed by atoms with E-state index in [0.717, 1.165) is 27.8 Å². The first-order chi connectivity index (χ1) is 25.8. The van der Waals surface area contributed by atoms with Crippen LogP contribution in [-0.2, 0) is 0 Å². The van der Waals surface area contributed by atoms with E-state index in [1.807, 2.05) is 30.3 Å². The molecule has 0 radical (unpaired) electrons. The SMILES string of the molecule is c1ccc(-c2nc(-c3ccc(-c4cccc5ccccc45)cc3)nc(-c3ccc(-c4c5ccccc5cc5c4ccc4ccccc45)cc3)n2)cc1. The van der Waals surface area contributed by atoms with Gasteiger partial charge in [-0.15, -0.1) is 0 Å². The van der Waals surface area contributed by atoms with Gasteiger partial charge in [0.25, 0.3) is 0 Å². The lowest BCUT2D eigenvalue weighted by Gasteiger charge is -2.14. The van der Waals surface area contributed by atoms with Gasteiger partial charge in [0.05, 0.1) is 0 Å². The smallest absolute Gasteiger partial charge is 0.164 e. The minimum Gasteiger partial charge on any atom is -0.208 e. The van der Waals surface area contributed by atoms with Crippen molar-refractivity contribution in [3.05, 3.63) is 188 Å². The Morgan fingerprint density at radius 1 is 0.250 bits per heavy atom. The molecular formula is C49H31N3. The fourth-order valence-corrected chi connectivity index (χ4v) is 7.54. The molecule has 0 aliphatic heterocycles. The Kier molecular flexibility index (Phi) is 7.14. The standard InChI is InChI=1S/C49H31N3/c1-2-13-36(14-3-1)47-50-48(37-25-21-34(22-26-37)41-20-10-16-32-11-4-7-17-40(32)41)52-49(51-47)38-27-23-35(24-28-38)46-43-19-9-6-15-39(43)31-45-42-18-8-5-12-33(42)29-30-44(45)46/h1-31H. The number of rotatable bonds is 5. The summed E-state index contributed by atoms with van der Waals surface area (Å²) in [6, 6.07) is 66.5. The summed E-state index contributed by atoms with van der Waals surface area (Å²) < 4.78 is 0. The summed E-state index contributed by atoms with van der Waals surface area (Å²) in [5.74, 6) is 1.93. The van der Waals surface area contributed by atoms with Gasteiger partial charge < -0.3 is 0 Å². The summed E-state index contributed by atoms with van der Waals surface area (Å²) in [4.78, 5) is 15.1. The Bertz CT molecular complexity index is 2930. The van der Waals surface area contributed by atoms with Crippen LogP contribution < -0.4 is 0 Å². The van der Waals surface area contributed by atoms with Gasteiger partial charge in [0.1, 0.15) is 0 Å². The molecule has 0 bridgehead atoms. The molecular weight excluding hydrogens is 631 g/mol. The molecule has 52 heavy (non-hydrogen) atoms. The van der Waals surface area contributed by atoms with Crippen LogP contribution in [0.5, 0.6) is 0 Å². The van der Waals surface area contributed by atoms with Crippen molar-refractivity contribution in [2.45, 2.75) is 0 Å². The molecule has 0 aliphatic rings. The van der Waals surface area contributed by atoms with Gasteiger partial charge >= 0.3 is 0 Å². The molecule has 0 saturated carbocycles. The highest BCUT2D eigenvalue weighted by atomic mass is 15.0. The highest BCUT2D eigenvalue weighted by Gasteiger charge is 2.15. The highest BCUT2D eigenvalue weighted by Crippen LogP contribution is 2.40. The van der Waals surface area contributed by atoms with E-state index in [4.69, 9.17) is 15.0 Å². The summed E-state index contributed by atoms with van der Waals surface area (Å²) in [7, 11) is 0. The molecule has 9 aromatic carbocycles. The lowest BCUT2D eigenvalue weighted by atomic mass is 9.89. The minimum atomic E-state index is 0.641. The second kappa shape index (κ2) is 12.4. The van der Waals surface area contributed by atoms with E-state index in [2.05, 4.69) is 158 Å². The zero-order chi connectivity index (χ0) is 34.4. The van der Waals surface area contributed by atoms with Crippen molar-refractivity contribution in [1.29, 1.82) is 0 Å².